The molecule has 1 saturated heterocycles. The smallest absolute Gasteiger partial charge is 0.269 e. The van der Waals surface area contributed by atoms with Crippen molar-refractivity contribution >= 4 is 22.8 Å². The Hall–Kier alpha value is -3.19. The van der Waals surface area contributed by atoms with Gasteiger partial charge in [-0.15, -0.1) is 0 Å². The fourth-order valence-corrected chi connectivity index (χ4v) is 3.51. The van der Waals surface area contributed by atoms with Crippen LogP contribution in [0.15, 0.2) is 30.6 Å². The van der Waals surface area contributed by atoms with E-state index >= 15 is 0 Å². The molecule has 4 atom stereocenters. The molecule has 1 aliphatic heterocycles. The second-order valence-corrected chi connectivity index (χ2v) is 7.00. The average molecular weight is 416 g/mol. The van der Waals surface area contributed by atoms with E-state index in [1.165, 1.54) is 23.0 Å². The number of aliphatic hydroxyl groups excluding tert-OH is 3. The number of hydrogen-bond donors (Lipinski definition) is 4. The molecule has 5 N–H and O–H groups in total. The van der Waals surface area contributed by atoms with Gasteiger partial charge < -0.3 is 25.8 Å². The first kappa shape index (κ1) is 20.1. The number of nitro groups is 1. The Morgan fingerprint density at radius 2 is 1.90 bits per heavy atom. The highest BCUT2D eigenvalue weighted by Gasteiger charge is 2.44. The SMILES string of the molecule is Nc1nc(CCc2ccc([N+](=O)[O-])cc2)c2ncn([C@@H]3O[C@H](CO)[C@@H](O)[C@H]3O)c2n1. The molecule has 0 saturated carbocycles. The minimum Gasteiger partial charge on any atom is -0.394 e. The van der Waals surface area contributed by atoms with Crippen LogP contribution in [0.2, 0.25) is 0 Å². The van der Waals surface area contributed by atoms with Gasteiger partial charge >= 0.3 is 0 Å². The summed E-state index contributed by atoms with van der Waals surface area (Å²) < 4.78 is 6.99. The molecule has 0 amide bonds. The molecule has 1 aliphatic rings. The van der Waals surface area contributed by atoms with Gasteiger partial charge in [0, 0.05) is 12.1 Å². The molecule has 1 aromatic carbocycles. The number of aromatic nitrogens is 4. The molecule has 2 aromatic heterocycles. The average Bonchev–Trinajstić information content (AvgIpc) is 3.27. The van der Waals surface area contributed by atoms with Crippen molar-refractivity contribution in [2.75, 3.05) is 12.3 Å². The van der Waals surface area contributed by atoms with E-state index in [0.717, 1.165) is 5.56 Å². The van der Waals surface area contributed by atoms with Crippen molar-refractivity contribution in [2.45, 2.75) is 37.4 Å². The highest BCUT2D eigenvalue weighted by Crippen LogP contribution is 2.32. The Morgan fingerprint density at radius 1 is 1.17 bits per heavy atom. The lowest BCUT2D eigenvalue weighted by Crippen LogP contribution is -2.33. The van der Waals surface area contributed by atoms with Gasteiger partial charge in [0.25, 0.3) is 5.69 Å². The van der Waals surface area contributed by atoms with Gasteiger partial charge in [0.2, 0.25) is 5.95 Å². The summed E-state index contributed by atoms with van der Waals surface area (Å²) in [7, 11) is 0. The minimum absolute atomic E-state index is 0.00897. The molecule has 12 heteroatoms. The molecule has 12 nitrogen and oxygen atoms in total. The molecule has 4 rings (SSSR count). The van der Waals surface area contributed by atoms with E-state index in [2.05, 4.69) is 15.0 Å². The molecule has 0 aliphatic carbocycles. The highest BCUT2D eigenvalue weighted by molar-refractivity contribution is 5.75. The van der Waals surface area contributed by atoms with Gasteiger partial charge in [-0.2, -0.15) is 4.98 Å². The molecule has 3 aromatic rings. The molecule has 158 valence electrons. The van der Waals surface area contributed by atoms with Crippen LogP contribution in [0, 0.1) is 10.1 Å². The number of anilines is 1. The zero-order valence-electron chi connectivity index (χ0n) is 15.7. The Kier molecular flexibility index (Phi) is 5.30. The summed E-state index contributed by atoms with van der Waals surface area (Å²) in [4.78, 5) is 23.1. The third-order valence-electron chi connectivity index (χ3n) is 5.10. The lowest BCUT2D eigenvalue weighted by atomic mass is 10.1. The summed E-state index contributed by atoms with van der Waals surface area (Å²) in [6.45, 7) is -0.445. The van der Waals surface area contributed by atoms with E-state index in [-0.39, 0.29) is 11.6 Å². The van der Waals surface area contributed by atoms with E-state index in [9.17, 15) is 25.4 Å². The Bertz CT molecular complexity index is 1070. The number of nitro benzene ring substituents is 1. The highest BCUT2D eigenvalue weighted by atomic mass is 16.6. The molecule has 0 bridgehead atoms. The standard InChI is InChI=1S/C18H20N6O6/c19-18-21-11(6-3-9-1-4-10(5-2-9)24(28)29)13-16(22-18)23(8-20-13)17-15(27)14(26)12(7-25)30-17/h1-2,4-5,8,12,14-15,17,25-27H,3,6-7H2,(H2,19,21,22)/t12-,14-,15-,17-/m1/s1. The van der Waals surface area contributed by atoms with Crippen molar-refractivity contribution in [1.29, 1.82) is 0 Å². The largest absolute Gasteiger partial charge is 0.394 e. The zero-order valence-corrected chi connectivity index (χ0v) is 15.7. The topological polar surface area (TPSA) is 183 Å². The molecule has 0 unspecified atom stereocenters. The maximum atomic E-state index is 10.8. The van der Waals surface area contributed by atoms with Gasteiger partial charge in [0.15, 0.2) is 11.9 Å². The number of hydrogen-bond acceptors (Lipinski definition) is 10. The predicted octanol–water partition coefficient (Wildman–Crippen LogP) is -0.287. The summed E-state index contributed by atoms with van der Waals surface area (Å²) in [5.74, 6) is 0.00897. The summed E-state index contributed by atoms with van der Waals surface area (Å²) in [5, 5.41) is 40.4. The molecular weight excluding hydrogens is 396 g/mol. The fraction of sp³-hybridized carbons (Fsp3) is 0.389. The van der Waals surface area contributed by atoms with Crippen LogP contribution < -0.4 is 5.73 Å². The Balaban J connectivity index is 1.60. The summed E-state index contributed by atoms with van der Waals surface area (Å²) in [6, 6.07) is 6.24. The van der Waals surface area contributed by atoms with Crippen LogP contribution in [0.1, 0.15) is 17.5 Å². The maximum absolute atomic E-state index is 10.8. The van der Waals surface area contributed by atoms with E-state index in [1.54, 1.807) is 12.1 Å². The number of aryl methyl sites for hydroxylation is 2. The molecule has 1 fully saturated rings. The van der Waals surface area contributed by atoms with Crippen LogP contribution >= 0.6 is 0 Å². The normalized spacial score (nSPS) is 23.8. The maximum Gasteiger partial charge on any atom is 0.269 e. The number of aliphatic hydroxyl groups is 3. The number of ether oxygens (including phenoxy) is 1. The second kappa shape index (κ2) is 7.91. The number of imidazole rings is 1. The number of rotatable bonds is 6. The van der Waals surface area contributed by atoms with Crippen LogP contribution in [-0.2, 0) is 17.6 Å². The van der Waals surface area contributed by atoms with E-state index in [4.69, 9.17) is 10.5 Å². The van der Waals surface area contributed by atoms with E-state index in [0.29, 0.717) is 29.7 Å². The van der Waals surface area contributed by atoms with Crippen LogP contribution in [0.25, 0.3) is 11.2 Å². The first-order chi connectivity index (χ1) is 14.4. The Morgan fingerprint density at radius 3 is 2.53 bits per heavy atom. The minimum atomic E-state index is -1.28. The van der Waals surface area contributed by atoms with Gasteiger partial charge in [-0.05, 0) is 18.4 Å². The lowest BCUT2D eigenvalue weighted by molar-refractivity contribution is -0.384. The molecule has 30 heavy (non-hydrogen) atoms. The van der Waals surface area contributed by atoms with Crippen molar-refractivity contribution in [2.24, 2.45) is 0 Å². The molecular formula is C18H20N6O6. The summed E-state index contributed by atoms with van der Waals surface area (Å²) >= 11 is 0. The lowest BCUT2D eigenvalue weighted by Gasteiger charge is -2.16. The quantitative estimate of drug-likeness (QED) is 0.308. The number of fused-ring (bicyclic) bond motifs is 1. The predicted molar refractivity (Wildman–Crippen MR) is 103 cm³/mol. The van der Waals surface area contributed by atoms with E-state index in [1.807, 2.05) is 0 Å². The monoisotopic (exact) mass is 416 g/mol. The Labute approximate surface area is 169 Å². The van der Waals surface area contributed by atoms with Crippen LogP contribution in [0.3, 0.4) is 0 Å². The summed E-state index contributed by atoms with van der Waals surface area (Å²) in [5.41, 5.74) is 8.12. The number of nitrogens with zero attached hydrogens (tertiary/aromatic N) is 5. The fourth-order valence-electron chi connectivity index (χ4n) is 3.51. The van der Waals surface area contributed by atoms with Gasteiger partial charge in [-0.3, -0.25) is 14.7 Å². The first-order valence-corrected chi connectivity index (χ1v) is 9.23. The van der Waals surface area contributed by atoms with Crippen molar-refractivity contribution in [1.82, 2.24) is 19.5 Å². The number of nitrogen functional groups attached to an aromatic ring is 1. The van der Waals surface area contributed by atoms with Crippen molar-refractivity contribution in [3.63, 3.8) is 0 Å². The molecule has 0 spiro atoms. The van der Waals surface area contributed by atoms with Gasteiger partial charge in [0.1, 0.15) is 23.8 Å². The third kappa shape index (κ3) is 3.57. The third-order valence-corrected chi connectivity index (χ3v) is 5.10. The summed E-state index contributed by atoms with van der Waals surface area (Å²) in [6.07, 6.45) is -2.04. The molecule has 3 heterocycles. The van der Waals surface area contributed by atoms with Crippen molar-refractivity contribution < 1.29 is 25.0 Å². The first-order valence-electron chi connectivity index (χ1n) is 9.23. The van der Waals surface area contributed by atoms with Crippen molar-refractivity contribution in [3.05, 3.63) is 52.0 Å². The van der Waals surface area contributed by atoms with Crippen LogP contribution in [0.4, 0.5) is 11.6 Å². The number of benzene rings is 1. The van der Waals surface area contributed by atoms with Gasteiger partial charge in [-0.1, -0.05) is 12.1 Å². The van der Waals surface area contributed by atoms with Gasteiger partial charge in [0.05, 0.1) is 23.6 Å². The molecule has 0 radical (unpaired) electrons. The zero-order chi connectivity index (χ0) is 21.4. The number of non-ortho nitro benzene ring substituents is 1. The van der Waals surface area contributed by atoms with E-state index < -0.39 is 36.1 Å². The number of nitrogens with two attached hydrogens (primary N) is 1. The van der Waals surface area contributed by atoms with Crippen molar-refractivity contribution in [3.8, 4) is 0 Å². The second-order valence-electron chi connectivity index (χ2n) is 7.00. The van der Waals surface area contributed by atoms with Crippen LogP contribution in [-0.4, -0.2) is 64.7 Å². The van der Waals surface area contributed by atoms with Crippen LogP contribution in [0.5, 0.6) is 0 Å². The van der Waals surface area contributed by atoms with Gasteiger partial charge in [-0.25, -0.2) is 9.97 Å².